The number of carbonyl (C=O) groups is 1. The first kappa shape index (κ1) is 7.07. The lowest BCUT2D eigenvalue weighted by Crippen LogP contribution is -2.19. The van der Waals surface area contributed by atoms with Gasteiger partial charge in [-0.2, -0.15) is 0 Å². The van der Waals surface area contributed by atoms with Crippen molar-refractivity contribution in [1.29, 1.82) is 0 Å². The fraction of sp³-hybridized carbons (Fsp3) is 0.250. The predicted molar refractivity (Wildman–Crippen MR) is 50.8 cm³/mol. The van der Waals surface area contributed by atoms with Gasteiger partial charge in [0.1, 0.15) is 0 Å². The molecule has 0 saturated carbocycles. The van der Waals surface area contributed by atoms with Gasteiger partial charge in [-0.3, -0.25) is 4.79 Å². The summed E-state index contributed by atoms with van der Waals surface area (Å²) in [6, 6.07) is 7.98. The van der Waals surface area contributed by atoms with Crippen LogP contribution in [-0.4, -0.2) is 5.78 Å². The lowest BCUT2D eigenvalue weighted by Gasteiger charge is -2.21. The minimum Gasteiger partial charge on any atom is -0.294 e. The number of allylic oxidation sites excluding steroid dienone is 2. The Bertz CT molecular complexity index is 403. The molecule has 0 amide bonds. The Balaban J connectivity index is 2.26. The highest BCUT2D eigenvalue weighted by atomic mass is 16.1. The van der Waals surface area contributed by atoms with Crippen LogP contribution in [0, 0.1) is 5.92 Å². The Kier molecular flexibility index (Phi) is 1.26. The molecule has 2 unspecified atom stereocenters. The molecule has 3 rings (SSSR count). The lowest BCUT2D eigenvalue weighted by molar-refractivity contribution is 0.0933. The van der Waals surface area contributed by atoms with Crippen LogP contribution in [0.3, 0.4) is 0 Å². The van der Waals surface area contributed by atoms with Gasteiger partial charge in [0.25, 0.3) is 0 Å². The normalized spacial score (nSPS) is 29.1. The van der Waals surface area contributed by atoms with Crippen molar-refractivity contribution in [1.82, 2.24) is 0 Å². The van der Waals surface area contributed by atoms with E-state index in [9.17, 15) is 4.79 Å². The number of hydrogen-bond donors (Lipinski definition) is 0. The average molecular weight is 170 g/mol. The van der Waals surface area contributed by atoms with Crippen LogP contribution < -0.4 is 0 Å². The van der Waals surface area contributed by atoms with Gasteiger partial charge in [-0.15, -0.1) is 0 Å². The highest BCUT2D eigenvalue weighted by Gasteiger charge is 2.34. The van der Waals surface area contributed by atoms with E-state index in [1.165, 1.54) is 5.56 Å². The van der Waals surface area contributed by atoms with Crippen molar-refractivity contribution in [2.75, 3.05) is 0 Å². The monoisotopic (exact) mass is 170 g/mol. The van der Waals surface area contributed by atoms with Crippen LogP contribution >= 0.6 is 0 Å². The van der Waals surface area contributed by atoms with Gasteiger partial charge in [0.2, 0.25) is 0 Å². The number of rotatable bonds is 0. The maximum absolute atomic E-state index is 11.8. The molecule has 1 aromatic carbocycles. The van der Waals surface area contributed by atoms with Gasteiger partial charge in [0, 0.05) is 17.4 Å². The molecule has 1 aromatic rings. The van der Waals surface area contributed by atoms with Crippen LogP contribution in [0.15, 0.2) is 36.4 Å². The number of hydrogen-bond acceptors (Lipinski definition) is 1. The predicted octanol–water partition coefficient (Wildman–Crippen LogP) is 2.54. The maximum atomic E-state index is 11.8. The molecular formula is C12H10O. The highest BCUT2D eigenvalue weighted by Crippen LogP contribution is 2.40. The summed E-state index contributed by atoms with van der Waals surface area (Å²) in [5.41, 5.74) is 2.16. The van der Waals surface area contributed by atoms with Gasteiger partial charge in [0.15, 0.2) is 5.78 Å². The second kappa shape index (κ2) is 2.32. The Morgan fingerprint density at radius 1 is 1.08 bits per heavy atom. The van der Waals surface area contributed by atoms with E-state index in [1.807, 2.05) is 18.2 Å². The quantitative estimate of drug-likeness (QED) is 0.547. The van der Waals surface area contributed by atoms with E-state index < -0.39 is 0 Å². The van der Waals surface area contributed by atoms with Crippen molar-refractivity contribution in [3.05, 3.63) is 47.5 Å². The number of carbonyl (C=O) groups excluding carboxylic acids is 1. The first-order valence-corrected chi connectivity index (χ1v) is 4.68. The van der Waals surface area contributed by atoms with E-state index in [4.69, 9.17) is 0 Å². The van der Waals surface area contributed by atoms with Crippen LogP contribution in [0.1, 0.15) is 28.3 Å². The third kappa shape index (κ3) is 0.844. The van der Waals surface area contributed by atoms with Crippen LogP contribution in [0.4, 0.5) is 0 Å². The van der Waals surface area contributed by atoms with E-state index in [1.54, 1.807) is 0 Å². The van der Waals surface area contributed by atoms with Crippen molar-refractivity contribution in [3.63, 3.8) is 0 Å². The van der Waals surface area contributed by atoms with Gasteiger partial charge < -0.3 is 0 Å². The molecular weight excluding hydrogens is 160 g/mol. The maximum Gasteiger partial charge on any atom is 0.170 e. The second-order valence-corrected chi connectivity index (χ2v) is 3.79. The van der Waals surface area contributed by atoms with Crippen LogP contribution in [0.5, 0.6) is 0 Å². The zero-order chi connectivity index (χ0) is 8.84. The molecule has 1 nitrogen and oxygen atoms in total. The van der Waals surface area contributed by atoms with Crippen molar-refractivity contribution < 1.29 is 4.79 Å². The van der Waals surface area contributed by atoms with Crippen molar-refractivity contribution in [3.8, 4) is 0 Å². The summed E-state index contributed by atoms with van der Waals surface area (Å²) in [5, 5.41) is 0. The molecule has 2 aliphatic carbocycles. The van der Waals surface area contributed by atoms with E-state index in [0.717, 1.165) is 12.0 Å². The third-order valence-corrected chi connectivity index (χ3v) is 3.05. The SMILES string of the molecule is O=C1c2ccccc2C2C=CC1C2. The minimum atomic E-state index is 0.167. The summed E-state index contributed by atoms with van der Waals surface area (Å²) in [5.74, 6) is 0.972. The van der Waals surface area contributed by atoms with E-state index in [0.29, 0.717) is 11.7 Å². The largest absolute Gasteiger partial charge is 0.294 e. The molecule has 64 valence electrons. The summed E-state index contributed by atoms with van der Waals surface area (Å²) < 4.78 is 0. The van der Waals surface area contributed by atoms with Crippen molar-refractivity contribution in [2.24, 2.45) is 5.92 Å². The highest BCUT2D eigenvalue weighted by molar-refractivity contribution is 6.02. The molecule has 1 heteroatoms. The van der Waals surface area contributed by atoms with Gasteiger partial charge in [-0.05, 0) is 12.0 Å². The van der Waals surface area contributed by atoms with Crippen LogP contribution in [0.2, 0.25) is 0 Å². The average Bonchev–Trinajstić information content (AvgIpc) is 2.61. The number of fused-ring (bicyclic) bond motifs is 4. The molecule has 2 aliphatic rings. The van der Waals surface area contributed by atoms with Gasteiger partial charge >= 0.3 is 0 Å². The van der Waals surface area contributed by atoms with Crippen LogP contribution in [-0.2, 0) is 0 Å². The number of benzene rings is 1. The van der Waals surface area contributed by atoms with Crippen molar-refractivity contribution in [2.45, 2.75) is 12.3 Å². The summed E-state index contributed by atoms with van der Waals surface area (Å²) in [4.78, 5) is 11.8. The summed E-state index contributed by atoms with van der Waals surface area (Å²) in [7, 11) is 0. The number of Topliss-reactive ketones (excluding diaryl/α,β-unsaturated/α-hetero) is 1. The molecule has 0 fully saturated rings. The topological polar surface area (TPSA) is 17.1 Å². The smallest absolute Gasteiger partial charge is 0.170 e. The molecule has 0 spiro atoms. The van der Waals surface area contributed by atoms with Crippen LogP contribution in [0.25, 0.3) is 0 Å². The standard InChI is InChI=1S/C12H10O/c13-12-9-6-5-8(7-9)10-3-1-2-4-11(10)12/h1-6,8-9H,7H2. The Morgan fingerprint density at radius 3 is 2.77 bits per heavy atom. The Labute approximate surface area is 77.1 Å². The fourth-order valence-electron chi connectivity index (χ4n) is 2.37. The van der Waals surface area contributed by atoms with E-state index >= 15 is 0 Å². The van der Waals surface area contributed by atoms with Gasteiger partial charge in [0.05, 0.1) is 0 Å². The first-order chi connectivity index (χ1) is 6.36. The lowest BCUT2D eigenvalue weighted by atomic mass is 9.81. The number of ketones is 1. The molecule has 13 heavy (non-hydrogen) atoms. The molecule has 0 radical (unpaired) electrons. The van der Waals surface area contributed by atoms with E-state index in [2.05, 4.69) is 18.2 Å². The molecule has 0 aliphatic heterocycles. The summed E-state index contributed by atoms with van der Waals surface area (Å²) in [6.07, 6.45) is 5.23. The first-order valence-electron chi connectivity index (χ1n) is 4.68. The van der Waals surface area contributed by atoms with E-state index in [-0.39, 0.29) is 5.92 Å². The zero-order valence-electron chi connectivity index (χ0n) is 7.23. The summed E-state index contributed by atoms with van der Waals surface area (Å²) >= 11 is 0. The second-order valence-electron chi connectivity index (χ2n) is 3.79. The minimum absolute atomic E-state index is 0.167. The fourth-order valence-corrected chi connectivity index (χ4v) is 2.37. The van der Waals surface area contributed by atoms with Crippen molar-refractivity contribution >= 4 is 5.78 Å². The molecule has 0 saturated heterocycles. The van der Waals surface area contributed by atoms with Gasteiger partial charge in [-0.1, -0.05) is 36.4 Å². The molecule has 0 aromatic heterocycles. The molecule has 0 heterocycles. The Hall–Kier alpha value is -1.37. The molecule has 2 bridgehead atoms. The zero-order valence-corrected chi connectivity index (χ0v) is 7.23. The Morgan fingerprint density at radius 2 is 1.85 bits per heavy atom. The van der Waals surface area contributed by atoms with Gasteiger partial charge in [-0.25, -0.2) is 0 Å². The third-order valence-electron chi connectivity index (χ3n) is 3.05. The molecule has 0 N–H and O–H groups in total. The molecule has 2 atom stereocenters. The summed E-state index contributed by atoms with van der Waals surface area (Å²) in [6.45, 7) is 0.